The minimum atomic E-state index is -0.0930. The third-order valence-corrected chi connectivity index (χ3v) is 13.1. The van der Waals surface area contributed by atoms with E-state index in [9.17, 15) is 0 Å². The van der Waals surface area contributed by atoms with Crippen LogP contribution in [0.25, 0.3) is 11.1 Å². The quantitative estimate of drug-likeness (QED) is 0.0802. The van der Waals surface area contributed by atoms with Gasteiger partial charge in [0.1, 0.15) is 0 Å². The molecule has 0 radical (unpaired) electrons. The van der Waals surface area contributed by atoms with Crippen molar-refractivity contribution in [2.24, 2.45) is 0 Å². The molecule has 7 aromatic rings. The first-order chi connectivity index (χ1) is 29.2. The Morgan fingerprint density at radius 1 is 0.390 bits per heavy atom. The van der Waals surface area contributed by atoms with Gasteiger partial charge in [-0.05, 0) is 150 Å². The summed E-state index contributed by atoms with van der Waals surface area (Å²) in [5, 5.41) is 0. The standard InChI is InChI=1S/C57H58N2/c1-2-3-4-20-39-57(40-21-6-5-11-22-44-31-32-45-33-34-46(45)41-44)55-42-51(58(47-23-12-7-13-24-47)48-25-14-8-15-26-48)35-37-53(55)54-38-36-52(43-56(54)57)59(49-27-16-9-17-28-49)50-29-18-10-19-30-50/h7-10,12-19,23-32,35-38,41-43H,2-6,11,20-22,33-34,39-40H2,1H3. The van der Waals surface area contributed by atoms with Crippen LogP contribution < -0.4 is 9.80 Å². The van der Waals surface area contributed by atoms with Crippen LogP contribution in [0.5, 0.6) is 0 Å². The molecular weight excluding hydrogens is 713 g/mol. The Balaban J connectivity index is 1.12. The van der Waals surface area contributed by atoms with Crippen molar-refractivity contribution < 1.29 is 0 Å². The molecular formula is C57H58N2. The monoisotopic (exact) mass is 770 g/mol. The van der Waals surface area contributed by atoms with Crippen LogP contribution in [0.15, 0.2) is 176 Å². The van der Waals surface area contributed by atoms with Gasteiger partial charge in [0.05, 0.1) is 0 Å². The Bertz CT molecular complexity index is 2230. The van der Waals surface area contributed by atoms with Crippen molar-refractivity contribution in [1.82, 2.24) is 0 Å². The predicted molar refractivity (Wildman–Crippen MR) is 251 cm³/mol. The molecule has 59 heavy (non-hydrogen) atoms. The molecule has 0 saturated heterocycles. The Labute approximate surface area is 353 Å². The third kappa shape index (κ3) is 8.11. The number of rotatable bonds is 18. The number of hydrogen-bond donors (Lipinski definition) is 0. The molecule has 0 saturated carbocycles. The highest BCUT2D eigenvalue weighted by molar-refractivity contribution is 5.88. The van der Waals surface area contributed by atoms with Gasteiger partial charge in [-0.2, -0.15) is 0 Å². The van der Waals surface area contributed by atoms with Crippen molar-refractivity contribution in [2.75, 3.05) is 9.80 Å². The summed E-state index contributed by atoms with van der Waals surface area (Å²) in [5.41, 5.74) is 17.6. The number of nitrogens with zero attached hydrogens (tertiary/aromatic N) is 2. The lowest BCUT2D eigenvalue weighted by Gasteiger charge is -2.35. The van der Waals surface area contributed by atoms with Gasteiger partial charge < -0.3 is 9.80 Å². The van der Waals surface area contributed by atoms with Crippen molar-refractivity contribution in [2.45, 2.75) is 95.8 Å². The molecule has 0 atom stereocenters. The molecule has 0 aromatic heterocycles. The first-order valence-corrected chi connectivity index (χ1v) is 22.4. The summed E-state index contributed by atoms with van der Waals surface area (Å²) in [6.07, 6.45) is 16.0. The van der Waals surface area contributed by atoms with Crippen LogP contribution in [0.2, 0.25) is 0 Å². The smallest absolute Gasteiger partial charge is 0.0465 e. The summed E-state index contributed by atoms with van der Waals surface area (Å²) in [4.78, 5) is 4.89. The van der Waals surface area contributed by atoms with Gasteiger partial charge in [0.25, 0.3) is 0 Å². The average molecular weight is 771 g/mol. The first-order valence-electron chi connectivity index (χ1n) is 22.4. The summed E-state index contributed by atoms with van der Waals surface area (Å²) in [7, 11) is 0. The largest absolute Gasteiger partial charge is 0.310 e. The fourth-order valence-electron chi connectivity index (χ4n) is 9.98. The average Bonchev–Trinajstić information content (AvgIpc) is 3.54. The maximum Gasteiger partial charge on any atom is 0.0465 e. The van der Waals surface area contributed by atoms with E-state index < -0.39 is 0 Å². The van der Waals surface area contributed by atoms with E-state index >= 15 is 0 Å². The molecule has 0 heterocycles. The number of unbranched alkanes of at least 4 members (excludes halogenated alkanes) is 6. The zero-order valence-corrected chi connectivity index (χ0v) is 34.8. The number of para-hydroxylation sites is 4. The van der Waals surface area contributed by atoms with E-state index in [2.05, 4.69) is 193 Å². The normalized spacial score (nSPS) is 13.2. The Morgan fingerprint density at radius 2 is 0.831 bits per heavy atom. The Morgan fingerprint density at radius 3 is 1.25 bits per heavy atom. The van der Waals surface area contributed by atoms with Crippen molar-refractivity contribution >= 4 is 34.1 Å². The molecule has 2 aliphatic rings. The highest BCUT2D eigenvalue weighted by atomic mass is 15.1. The van der Waals surface area contributed by atoms with Crippen molar-refractivity contribution in [1.29, 1.82) is 0 Å². The molecule has 2 aliphatic carbocycles. The number of fused-ring (bicyclic) bond motifs is 4. The van der Waals surface area contributed by atoms with E-state index in [-0.39, 0.29) is 5.41 Å². The van der Waals surface area contributed by atoms with Crippen LogP contribution in [0, 0.1) is 0 Å². The summed E-state index contributed by atoms with van der Waals surface area (Å²) >= 11 is 0. The minimum absolute atomic E-state index is 0.0930. The van der Waals surface area contributed by atoms with Crippen LogP contribution in [-0.2, 0) is 24.7 Å². The molecule has 0 spiro atoms. The summed E-state index contributed by atoms with van der Waals surface area (Å²) in [6, 6.07) is 65.6. The third-order valence-electron chi connectivity index (χ3n) is 13.1. The fraction of sp³-hybridized carbons (Fsp3) is 0.263. The fourth-order valence-corrected chi connectivity index (χ4v) is 9.98. The van der Waals surface area contributed by atoms with Gasteiger partial charge in [-0.25, -0.2) is 0 Å². The van der Waals surface area contributed by atoms with Crippen molar-refractivity contribution in [3.63, 3.8) is 0 Å². The van der Waals surface area contributed by atoms with E-state index in [4.69, 9.17) is 0 Å². The van der Waals surface area contributed by atoms with Crippen molar-refractivity contribution in [3.05, 3.63) is 204 Å². The lowest BCUT2D eigenvalue weighted by atomic mass is 9.70. The second-order valence-electron chi connectivity index (χ2n) is 16.9. The molecule has 0 aliphatic heterocycles. The second kappa shape index (κ2) is 18.0. The van der Waals surface area contributed by atoms with Crippen LogP contribution >= 0.6 is 0 Å². The van der Waals surface area contributed by atoms with Gasteiger partial charge in [0, 0.05) is 39.5 Å². The number of aryl methyl sites for hydroxylation is 3. The maximum absolute atomic E-state index is 2.58. The van der Waals surface area contributed by atoms with Gasteiger partial charge in [0.2, 0.25) is 0 Å². The first kappa shape index (κ1) is 38.6. The lowest BCUT2D eigenvalue weighted by Crippen LogP contribution is -2.26. The van der Waals surface area contributed by atoms with Crippen LogP contribution in [-0.4, -0.2) is 0 Å². The molecule has 296 valence electrons. The zero-order chi connectivity index (χ0) is 39.9. The Kier molecular flexibility index (Phi) is 11.8. The molecule has 0 unspecified atom stereocenters. The number of anilines is 6. The van der Waals surface area contributed by atoms with E-state index in [1.165, 1.54) is 133 Å². The zero-order valence-electron chi connectivity index (χ0n) is 34.8. The minimum Gasteiger partial charge on any atom is -0.310 e. The Hall–Kier alpha value is -5.86. The lowest BCUT2D eigenvalue weighted by molar-refractivity contribution is 0.400. The van der Waals surface area contributed by atoms with Gasteiger partial charge in [-0.3, -0.25) is 0 Å². The molecule has 0 bridgehead atoms. The molecule has 2 heteroatoms. The summed E-state index contributed by atoms with van der Waals surface area (Å²) in [6.45, 7) is 2.33. The maximum atomic E-state index is 2.58. The van der Waals surface area contributed by atoms with Crippen LogP contribution in [0.4, 0.5) is 34.1 Å². The van der Waals surface area contributed by atoms with E-state index in [1.807, 2.05) is 0 Å². The molecule has 9 rings (SSSR count). The molecule has 0 amide bonds. The number of benzene rings is 7. The molecule has 0 N–H and O–H groups in total. The van der Waals surface area contributed by atoms with Crippen LogP contribution in [0.3, 0.4) is 0 Å². The van der Waals surface area contributed by atoms with Gasteiger partial charge in [-0.1, -0.05) is 155 Å². The van der Waals surface area contributed by atoms with E-state index in [1.54, 1.807) is 11.1 Å². The molecule has 0 fully saturated rings. The van der Waals surface area contributed by atoms with E-state index in [0.717, 1.165) is 12.8 Å². The van der Waals surface area contributed by atoms with Crippen LogP contribution in [0.1, 0.15) is 98.9 Å². The summed E-state index contributed by atoms with van der Waals surface area (Å²) in [5.74, 6) is 0. The highest BCUT2D eigenvalue weighted by Crippen LogP contribution is 2.57. The predicted octanol–water partition coefficient (Wildman–Crippen LogP) is 16.2. The second-order valence-corrected chi connectivity index (χ2v) is 16.9. The van der Waals surface area contributed by atoms with E-state index in [0.29, 0.717) is 0 Å². The highest BCUT2D eigenvalue weighted by Gasteiger charge is 2.43. The number of hydrogen-bond acceptors (Lipinski definition) is 2. The van der Waals surface area contributed by atoms with Gasteiger partial charge >= 0.3 is 0 Å². The topological polar surface area (TPSA) is 6.48 Å². The molecule has 2 nitrogen and oxygen atoms in total. The summed E-state index contributed by atoms with van der Waals surface area (Å²) < 4.78 is 0. The molecule has 7 aromatic carbocycles. The van der Waals surface area contributed by atoms with Gasteiger partial charge in [-0.15, -0.1) is 0 Å². The van der Waals surface area contributed by atoms with Crippen molar-refractivity contribution in [3.8, 4) is 11.1 Å². The SMILES string of the molecule is CCCCCCC1(CCCCCCc2ccc3c(c2)CC3)c2cc(N(c3ccccc3)c3ccccc3)ccc2-c2ccc(N(c3ccccc3)c3ccccc3)cc21. The van der Waals surface area contributed by atoms with Gasteiger partial charge in [0.15, 0.2) is 0 Å².